The third-order valence-electron chi connectivity index (χ3n) is 22.3. The topological polar surface area (TPSA) is 233 Å². The number of aryl methyl sites for hydroxylation is 8. The molecule has 4 aromatic carbocycles. The van der Waals surface area contributed by atoms with Crippen LogP contribution in [0, 0.1) is 5.92 Å². The molecule has 2 spiro atoms. The van der Waals surface area contributed by atoms with Crippen molar-refractivity contribution >= 4 is 56.4 Å². The number of rotatable bonds is 19. The quantitative estimate of drug-likeness (QED) is 0.107. The van der Waals surface area contributed by atoms with Gasteiger partial charge in [-0.05, 0) is 135 Å². The molecule has 2 aliphatic carbocycles. The molecule has 8 aromatic rings. The van der Waals surface area contributed by atoms with Gasteiger partial charge in [0, 0.05) is 129 Å². The lowest BCUT2D eigenvalue weighted by molar-refractivity contribution is -0.121. The summed E-state index contributed by atoms with van der Waals surface area (Å²) >= 11 is 0. The molecule has 6 aliphatic heterocycles. The molecule has 2 saturated carbocycles. The molecule has 4 aromatic heterocycles. The number of amides is 2. The first-order valence-electron chi connectivity index (χ1n) is 33.6. The number of methoxy groups -OCH3 is 2. The van der Waals surface area contributed by atoms with Crippen molar-refractivity contribution in [2.24, 2.45) is 5.92 Å². The lowest BCUT2D eigenvalue weighted by Crippen LogP contribution is -2.47. The molecule has 0 radical (unpaired) electrons. The SMILES string of the molecule is CO[C@H](C)[C@@H]1CN(c2ccc3c(=O)n(CCc4ccc5c(c4)N(C)C(=O)C54CC4)c(CCn4nc5n(c4=O)C(C4CC46C(=O)N(C)c4cc(CCn7c(CCn8nc9n(c8=O)CCC9)nc8cc(N9CCO[C@@H]([C@@H](C)OC)C9)ccc8c7=O)ccc46)CC5)nc3c2)CCO1. The molecule has 3 unspecified atom stereocenters. The van der Waals surface area contributed by atoms with Crippen molar-refractivity contribution in [2.75, 3.05) is 87.3 Å². The summed E-state index contributed by atoms with van der Waals surface area (Å²) in [6.45, 7) is 9.44. The Morgan fingerprint density at radius 3 is 1.70 bits per heavy atom. The highest BCUT2D eigenvalue weighted by atomic mass is 16.5. The van der Waals surface area contributed by atoms with E-state index < -0.39 is 5.41 Å². The maximum Gasteiger partial charge on any atom is 0.346 e. The van der Waals surface area contributed by atoms with Crippen LogP contribution in [0.1, 0.15) is 97.5 Å². The molecular weight excluding hydrogens is 1200 g/mol. The number of morpholine rings is 2. The number of benzene rings is 4. The van der Waals surface area contributed by atoms with Crippen molar-refractivity contribution < 1.29 is 28.5 Å². The number of likely N-dealkylation sites (N-methyl/N-ethyl adjacent to an activating group) is 2. The van der Waals surface area contributed by atoms with Crippen LogP contribution in [-0.2, 0) is 111 Å². The number of anilines is 4. The second-order valence-electron chi connectivity index (χ2n) is 27.3. The Labute approximate surface area is 542 Å². The molecule has 24 heteroatoms. The third-order valence-corrected chi connectivity index (χ3v) is 22.3. The van der Waals surface area contributed by atoms with Crippen molar-refractivity contribution in [3.8, 4) is 0 Å². The van der Waals surface area contributed by atoms with Crippen LogP contribution in [0.3, 0.4) is 0 Å². The third kappa shape index (κ3) is 9.80. The van der Waals surface area contributed by atoms with E-state index in [0.717, 1.165) is 76.5 Å². The van der Waals surface area contributed by atoms with Crippen molar-refractivity contribution in [2.45, 2.75) is 158 Å². The van der Waals surface area contributed by atoms with Crippen LogP contribution in [0.25, 0.3) is 21.8 Å². The van der Waals surface area contributed by atoms with Gasteiger partial charge in [-0.1, -0.05) is 24.3 Å². The minimum Gasteiger partial charge on any atom is -0.379 e. The standard InChI is InChI=1S/C70H80N14O10/c1-41(91-5)57-39-77(30-32-93-57)45-11-13-47-52(36-45)71-59(21-28-82-67(89)81-25-7-8-61(81)73-82)79(63(47)85)27-20-44-10-16-50-56(35-44)76(4)66(88)70(50)38-51(70)54-17-18-62-74-83(68(90)84(54)62)29-22-60-72-53-37-46(78-31-33-94-58(40-78)42(2)92-6)12-14-48(53)64(86)80(60)26-19-43-9-15-49-55(34-43)75(3)65(87)69(49)23-24-69/h9-16,34-37,41-42,51,54,57-58H,7-8,17-33,38-40H2,1-6H3/t41-,42-,51?,54?,57-,58+,70?/m1/s1. The van der Waals surface area contributed by atoms with Gasteiger partial charge in [0.25, 0.3) is 11.1 Å². The summed E-state index contributed by atoms with van der Waals surface area (Å²) < 4.78 is 33.4. The van der Waals surface area contributed by atoms with Crippen LogP contribution in [0.2, 0.25) is 0 Å². The molecule has 24 nitrogen and oxygen atoms in total. The van der Waals surface area contributed by atoms with Gasteiger partial charge in [0.1, 0.15) is 35.5 Å². The van der Waals surface area contributed by atoms with Crippen molar-refractivity contribution in [1.29, 1.82) is 0 Å². The maximum atomic E-state index is 14.8. The van der Waals surface area contributed by atoms with Gasteiger partial charge in [-0.25, -0.2) is 28.9 Å². The summed E-state index contributed by atoms with van der Waals surface area (Å²) in [6.07, 6.45) is 6.38. The Balaban J connectivity index is 0.649. The first kappa shape index (κ1) is 60.4. The highest BCUT2D eigenvalue weighted by molar-refractivity contribution is 6.11. The maximum absolute atomic E-state index is 14.8. The van der Waals surface area contributed by atoms with E-state index in [0.29, 0.717) is 137 Å². The van der Waals surface area contributed by atoms with E-state index >= 15 is 0 Å². The Bertz CT molecular complexity index is 4670. The molecule has 0 bridgehead atoms. The van der Waals surface area contributed by atoms with E-state index in [1.807, 2.05) is 68.9 Å². The van der Waals surface area contributed by atoms with Crippen molar-refractivity contribution in [3.63, 3.8) is 0 Å². The summed E-state index contributed by atoms with van der Waals surface area (Å²) in [4.78, 5) is 104. The molecule has 94 heavy (non-hydrogen) atoms. The molecule has 7 atom stereocenters. The molecule has 0 N–H and O–H groups in total. The molecule has 16 rings (SSSR count). The highest BCUT2D eigenvalue weighted by Crippen LogP contribution is 2.66. The van der Waals surface area contributed by atoms with Gasteiger partial charge < -0.3 is 38.5 Å². The number of carbonyl (C=O) groups is 2. The average Bonchev–Trinajstić information content (AvgIpc) is 1.51. The smallest absolute Gasteiger partial charge is 0.346 e. The Kier molecular flexibility index (Phi) is 14.8. The van der Waals surface area contributed by atoms with E-state index in [9.17, 15) is 28.8 Å². The number of carbonyl (C=O) groups excluding carboxylic acids is 2. The minimum atomic E-state index is -0.797. The predicted molar refractivity (Wildman–Crippen MR) is 353 cm³/mol. The van der Waals surface area contributed by atoms with Gasteiger partial charge in [-0.15, -0.1) is 0 Å². The minimum absolute atomic E-state index is 0.00478. The number of nitrogens with zero attached hydrogens (tertiary/aromatic N) is 14. The number of hydrogen-bond donors (Lipinski definition) is 0. The van der Waals surface area contributed by atoms with E-state index in [1.54, 1.807) is 37.7 Å². The Morgan fingerprint density at radius 1 is 0.596 bits per heavy atom. The molecule has 8 aliphatic rings. The highest BCUT2D eigenvalue weighted by Gasteiger charge is 2.69. The monoisotopic (exact) mass is 1280 g/mol. The van der Waals surface area contributed by atoms with Crippen LogP contribution < -0.4 is 42.1 Å². The summed E-state index contributed by atoms with van der Waals surface area (Å²) in [7, 11) is 7.03. The van der Waals surface area contributed by atoms with E-state index in [-0.39, 0.29) is 95.6 Å². The largest absolute Gasteiger partial charge is 0.379 e. The van der Waals surface area contributed by atoms with Gasteiger partial charge >= 0.3 is 11.4 Å². The lowest BCUT2D eigenvalue weighted by atomic mass is 9.90. The Morgan fingerprint density at radius 2 is 1.14 bits per heavy atom. The zero-order chi connectivity index (χ0) is 64.6. The molecule has 490 valence electrons. The second kappa shape index (κ2) is 23.1. The van der Waals surface area contributed by atoms with Crippen LogP contribution in [0.15, 0.2) is 92.0 Å². The lowest BCUT2D eigenvalue weighted by Gasteiger charge is -2.36. The van der Waals surface area contributed by atoms with Crippen LogP contribution in [-0.4, -0.2) is 152 Å². The summed E-state index contributed by atoms with van der Waals surface area (Å²) in [6, 6.07) is 23.8. The van der Waals surface area contributed by atoms with Gasteiger partial charge in [0.05, 0.1) is 71.1 Å². The molecule has 10 heterocycles. The van der Waals surface area contributed by atoms with E-state index in [2.05, 4.69) is 51.3 Å². The zero-order valence-corrected chi connectivity index (χ0v) is 54.3. The number of ether oxygens (including phenoxy) is 4. The summed E-state index contributed by atoms with van der Waals surface area (Å²) in [5, 5.41) is 10.6. The summed E-state index contributed by atoms with van der Waals surface area (Å²) in [5.41, 5.74) is 6.84. The fourth-order valence-electron chi connectivity index (χ4n) is 16.5. The van der Waals surface area contributed by atoms with E-state index in [1.165, 1.54) is 9.36 Å². The average molecular weight is 1280 g/mol. The fourth-order valence-corrected chi connectivity index (χ4v) is 16.5. The van der Waals surface area contributed by atoms with Crippen molar-refractivity contribution in [3.05, 3.63) is 160 Å². The van der Waals surface area contributed by atoms with Gasteiger partial charge in [0.15, 0.2) is 0 Å². The number of fused-ring (bicyclic) bond motifs is 8. The number of aromatic nitrogens is 10. The summed E-state index contributed by atoms with van der Waals surface area (Å²) in [5.74, 6) is 2.58. The number of hydrogen-bond acceptors (Lipinski definition) is 16. The molecule has 4 fully saturated rings. The van der Waals surface area contributed by atoms with Gasteiger partial charge in [0.2, 0.25) is 11.8 Å². The zero-order valence-electron chi connectivity index (χ0n) is 54.3. The normalized spacial score (nSPS) is 23.1. The predicted octanol–water partition coefficient (Wildman–Crippen LogP) is 4.65. The fraction of sp³-hybridized carbons (Fsp3) is 0.514. The first-order valence-corrected chi connectivity index (χ1v) is 33.6. The molecule has 2 saturated heterocycles. The van der Waals surface area contributed by atoms with Gasteiger partial charge in [-0.3, -0.25) is 37.4 Å². The second-order valence-corrected chi connectivity index (χ2v) is 27.3. The van der Waals surface area contributed by atoms with Crippen LogP contribution >= 0.6 is 0 Å². The van der Waals surface area contributed by atoms with Crippen molar-refractivity contribution in [1.82, 2.24) is 47.8 Å². The first-order chi connectivity index (χ1) is 45.5. The van der Waals surface area contributed by atoms with Crippen LogP contribution in [0.5, 0.6) is 0 Å². The van der Waals surface area contributed by atoms with Crippen LogP contribution in [0.4, 0.5) is 22.7 Å². The Hall–Kier alpha value is -8.58. The molecular formula is C70H80N14O10. The van der Waals surface area contributed by atoms with Gasteiger partial charge in [-0.2, -0.15) is 10.2 Å². The molecule has 2 amide bonds. The van der Waals surface area contributed by atoms with E-state index in [4.69, 9.17) is 34.0 Å².